The molecule has 4 N–H and O–H groups in total. The lowest BCUT2D eigenvalue weighted by atomic mass is 10.0. The normalized spacial score (nSPS) is 21.3. The van der Waals surface area contributed by atoms with Crippen LogP contribution in [0.15, 0.2) is 35.8 Å². The number of aliphatic hydroxyl groups is 1. The summed E-state index contributed by atoms with van der Waals surface area (Å²) >= 11 is 0. The predicted molar refractivity (Wildman–Crippen MR) is 107 cm³/mol. The molecule has 1 atom stereocenters. The van der Waals surface area contributed by atoms with E-state index in [2.05, 4.69) is 5.32 Å². The molecule has 164 valence electrons. The van der Waals surface area contributed by atoms with Crippen LogP contribution < -0.4 is 11.1 Å². The van der Waals surface area contributed by atoms with Gasteiger partial charge in [-0.05, 0) is 25.0 Å². The van der Waals surface area contributed by atoms with Gasteiger partial charge < -0.3 is 30.4 Å². The van der Waals surface area contributed by atoms with E-state index in [9.17, 15) is 18.7 Å². The SMILES string of the molecule is NC1C=CC2=C(C1)OCO2.O=CCN1CCC(Nc2cc(F)c(F)cc2CO)CC1. The Labute approximate surface area is 174 Å². The van der Waals surface area contributed by atoms with Crippen LogP contribution >= 0.6 is 0 Å². The lowest BCUT2D eigenvalue weighted by Gasteiger charge is -2.32. The fourth-order valence-electron chi connectivity index (χ4n) is 3.55. The number of nitrogens with two attached hydrogens (primary N) is 1. The van der Waals surface area contributed by atoms with Gasteiger partial charge in [0.2, 0.25) is 6.79 Å². The number of likely N-dealkylation sites (tertiary alicyclic amines) is 1. The molecule has 3 aliphatic rings. The first-order valence-electron chi connectivity index (χ1n) is 9.94. The van der Waals surface area contributed by atoms with E-state index in [1.165, 1.54) is 0 Å². The van der Waals surface area contributed by atoms with Gasteiger partial charge >= 0.3 is 0 Å². The van der Waals surface area contributed by atoms with Gasteiger partial charge in [0.15, 0.2) is 17.4 Å². The molecule has 4 rings (SSSR count). The number of nitrogens with one attached hydrogen (secondary N) is 1. The molecule has 0 amide bonds. The smallest absolute Gasteiger partial charge is 0.230 e. The number of aldehydes is 1. The van der Waals surface area contributed by atoms with Crippen LogP contribution in [0.2, 0.25) is 0 Å². The van der Waals surface area contributed by atoms with E-state index < -0.39 is 11.6 Å². The maximum Gasteiger partial charge on any atom is 0.230 e. The lowest BCUT2D eigenvalue weighted by Crippen LogP contribution is -2.40. The first kappa shape index (κ1) is 22.2. The summed E-state index contributed by atoms with van der Waals surface area (Å²) in [6.45, 7) is 2.01. The van der Waals surface area contributed by atoms with Gasteiger partial charge in [0, 0.05) is 48.9 Å². The number of carbonyl (C=O) groups is 1. The standard InChI is InChI=1S/C14H18F2N2O2.C7H9NO2/c15-12-7-10(9-20)14(8-13(12)16)17-11-1-3-18(4-2-11)5-6-19;8-5-1-2-6-7(3-5)10-4-9-6/h6-8,11,17,20H,1-5,9H2;1-2,5H,3-4,8H2. The van der Waals surface area contributed by atoms with Crippen LogP contribution in [0.25, 0.3) is 0 Å². The highest BCUT2D eigenvalue weighted by molar-refractivity contribution is 5.53. The largest absolute Gasteiger partial charge is 0.458 e. The molecule has 2 aliphatic heterocycles. The molecule has 0 bridgehead atoms. The van der Waals surface area contributed by atoms with E-state index in [-0.39, 0.29) is 18.7 Å². The molecule has 0 aromatic heterocycles. The van der Waals surface area contributed by atoms with E-state index in [0.717, 1.165) is 62.3 Å². The van der Waals surface area contributed by atoms with Crippen molar-refractivity contribution in [2.45, 2.75) is 38.0 Å². The molecule has 1 aliphatic carbocycles. The van der Waals surface area contributed by atoms with Crippen LogP contribution in [0.1, 0.15) is 24.8 Å². The fourth-order valence-corrected chi connectivity index (χ4v) is 3.55. The number of halogens is 2. The Morgan fingerprint density at radius 3 is 2.67 bits per heavy atom. The Kier molecular flexibility index (Phi) is 7.78. The topological polar surface area (TPSA) is 97.1 Å². The van der Waals surface area contributed by atoms with Crippen LogP contribution in [0.5, 0.6) is 0 Å². The maximum absolute atomic E-state index is 13.3. The quantitative estimate of drug-likeness (QED) is 0.624. The minimum absolute atomic E-state index is 0.0976. The summed E-state index contributed by atoms with van der Waals surface area (Å²) in [5.74, 6) is -0.139. The lowest BCUT2D eigenvalue weighted by molar-refractivity contribution is -0.109. The Morgan fingerprint density at radius 1 is 1.23 bits per heavy atom. The molecule has 0 saturated carbocycles. The minimum Gasteiger partial charge on any atom is -0.458 e. The van der Waals surface area contributed by atoms with E-state index in [4.69, 9.17) is 15.2 Å². The van der Waals surface area contributed by atoms with E-state index in [1.807, 2.05) is 17.1 Å². The zero-order valence-corrected chi connectivity index (χ0v) is 16.7. The van der Waals surface area contributed by atoms with Gasteiger partial charge in [-0.25, -0.2) is 8.78 Å². The third-order valence-corrected chi connectivity index (χ3v) is 5.23. The molecule has 1 aromatic carbocycles. The first-order valence-corrected chi connectivity index (χ1v) is 9.94. The Bertz CT molecular complexity index is 808. The average molecular weight is 423 g/mol. The van der Waals surface area contributed by atoms with Crippen molar-refractivity contribution in [2.75, 3.05) is 31.7 Å². The molecular formula is C21H27F2N3O4. The van der Waals surface area contributed by atoms with E-state index in [0.29, 0.717) is 24.6 Å². The summed E-state index contributed by atoms with van der Waals surface area (Å²) in [5.41, 5.74) is 6.41. The number of rotatable bonds is 5. The van der Waals surface area contributed by atoms with Gasteiger partial charge in [0.25, 0.3) is 0 Å². The number of carbonyl (C=O) groups excluding carboxylic acids is 1. The van der Waals surface area contributed by atoms with Crippen molar-refractivity contribution in [2.24, 2.45) is 5.73 Å². The second-order valence-corrected chi connectivity index (χ2v) is 7.39. The number of ether oxygens (including phenoxy) is 2. The number of hydrogen-bond acceptors (Lipinski definition) is 7. The summed E-state index contributed by atoms with van der Waals surface area (Å²) in [5, 5.41) is 12.3. The minimum atomic E-state index is -0.958. The van der Waals surface area contributed by atoms with Crippen LogP contribution in [0, 0.1) is 11.6 Å². The molecule has 1 saturated heterocycles. The average Bonchev–Trinajstić information content (AvgIpc) is 3.20. The number of benzene rings is 1. The van der Waals surface area contributed by atoms with Crippen LogP contribution in [0.3, 0.4) is 0 Å². The van der Waals surface area contributed by atoms with Crippen molar-refractivity contribution in [1.82, 2.24) is 4.90 Å². The molecule has 2 heterocycles. The second-order valence-electron chi connectivity index (χ2n) is 7.39. The Hall–Kier alpha value is -2.49. The number of piperidine rings is 1. The summed E-state index contributed by atoms with van der Waals surface area (Å²) in [6.07, 6.45) is 7.08. The van der Waals surface area contributed by atoms with Crippen LogP contribution in [-0.4, -0.2) is 54.8 Å². The Morgan fingerprint density at radius 2 is 1.97 bits per heavy atom. The van der Waals surface area contributed by atoms with E-state index >= 15 is 0 Å². The van der Waals surface area contributed by atoms with Gasteiger partial charge in [-0.2, -0.15) is 0 Å². The molecule has 9 heteroatoms. The molecule has 7 nitrogen and oxygen atoms in total. The third kappa shape index (κ3) is 5.78. The number of allylic oxidation sites excluding steroid dienone is 1. The van der Waals surface area contributed by atoms with E-state index in [1.54, 1.807) is 0 Å². The van der Waals surface area contributed by atoms with Crippen molar-refractivity contribution >= 4 is 12.0 Å². The predicted octanol–water partition coefficient (Wildman–Crippen LogP) is 2.02. The highest BCUT2D eigenvalue weighted by atomic mass is 19.2. The monoisotopic (exact) mass is 423 g/mol. The summed E-state index contributed by atoms with van der Waals surface area (Å²) in [4.78, 5) is 12.5. The first-order chi connectivity index (χ1) is 14.5. The molecule has 0 spiro atoms. The molecule has 1 unspecified atom stereocenters. The molecule has 1 aromatic rings. The zero-order chi connectivity index (χ0) is 21.5. The summed E-state index contributed by atoms with van der Waals surface area (Å²) < 4.78 is 36.6. The fraction of sp³-hybridized carbons (Fsp3) is 0.476. The second kappa shape index (κ2) is 10.5. The van der Waals surface area contributed by atoms with Crippen molar-refractivity contribution in [3.63, 3.8) is 0 Å². The highest BCUT2D eigenvalue weighted by Crippen LogP contribution is 2.25. The van der Waals surface area contributed by atoms with Crippen LogP contribution in [0.4, 0.5) is 14.5 Å². The molecular weight excluding hydrogens is 396 g/mol. The number of nitrogens with zero attached hydrogens (tertiary/aromatic N) is 1. The van der Waals surface area contributed by atoms with Crippen molar-refractivity contribution in [1.29, 1.82) is 0 Å². The zero-order valence-electron chi connectivity index (χ0n) is 16.7. The molecule has 0 radical (unpaired) electrons. The van der Waals surface area contributed by atoms with Crippen molar-refractivity contribution < 1.29 is 28.2 Å². The van der Waals surface area contributed by atoms with Gasteiger partial charge in [0.1, 0.15) is 12.0 Å². The summed E-state index contributed by atoms with van der Waals surface area (Å²) in [7, 11) is 0. The number of aliphatic hydroxyl groups excluding tert-OH is 1. The van der Waals surface area contributed by atoms with Gasteiger partial charge in [-0.1, -0.05) is 6.08 Å². The van der Waals surface area contributed by atoms with Crippen molar-refractivity contribution in [3.05, 3.63) is 53.0 Å². The summed E-state index contributed by atoms with van der Waals surface area (Å²) in [6, 6.07) is 2.33. The van der Waals surface area contributed by atoms with Crippen LogP contribution in [-0.2, 0) is 20.9 Å². The highest BCUT2D eigenvalue weighted by Gasteiger charge is 2.21. The van der Waals surface area contributed by atoms with Gasteiger partial charge in [0.05, 0.1) is 13.2 Å². The van der Waals surface area contributed by atoms with Crippen molar-refractivity contribution in [3.8, 4) is 0 Å². The number of hydrogen-bond donors (Lipinski definition) is 3. The third-order valence-electron chi connectivity index (χ3n) is 5.23. The number of anilines is 1. The molecule has 30 heavy (non-hydrogen) atoms. The van der Waals surface area contributed by atoms with Gasteiger partial charge in [-0.15, -0.1) is 0 Å². The maximum atomic E-state index is 13.3. The Balaban J connectivity index is 0.000000212. The molecule has 1 fully saturated rings. The van der Waals surface area contributed by atoms with Gasteiger partial charge in [-0.3, -0.25) is 4.90 Å².